The fourth-order valence-electron chi connectivity index (χ4n) is 2.14. The Balaban J connectivity index is 2.08. The summed E-state index contributed by atoms with van der Waals surface area (Å²) < 4.78 is 0. The second-order valence-corrected chi connectivity index (χ2v) is 5.15. The minimum absolute atomic E-state index is 0.287. The third-order valence-electron chi connectivity index (χ3n) is 2.99. The fourth-order valence-corrected chi connectivity index (χ4v) is 2.66. The van der Waals surface area contributed by atoms with Gasteiger partial charge in [-0.1, -0.05) is 29.3 Å². The Morgan fingerprint density at radius 1 is 1.31 bits per heavy atom. The molecule has 1 fully saturated rings. The summed E-state index contributed by atoms with van der Waals surface area (Å²) in [6.45, 7) is 2.81. The molecule has 2 N–H and O–H groups in total. The van der Waals surface area contributed by atoms with E-state index in [-0.39, 0.29) is 6.04 Å². The SMILES string of the molecule is N[C@@H]1CCCN(Cc2c(Cl)cccc2Cl)C1. The van der Waals surface area contributed by atoms with Gasteiger partial charge in [0.1, 0.15) is 0 Å². The van der Waals surface area contributed by atoms with Crippen molar-refractivity contribution in [1.29, 1.82) is 0 Å². The molecule has 4 heteroatoms. The van der Waals surface area contributed by atoms with Gasteiger partial charge in [-0.2, -0.15) is 0 Å². The Hall–Kier alpha value is -0.280. The van der Waals surface area contributed by atoms with Crippen molar-refractivity contribution in [2.45, 2.75) is 25.4 Å². The first-order valence-electron chi connectivity index (χ1n) is 5.57. The summed E-state index contributed by atoms with van der Waals surface area (Å²) in [5.74, 6) is 0. The number of rotatable bonds is 2. The molecule has 0 saturated carbocycles. The topological polar surface area (TPSA) is 29.3 Å². The molecular formula is C12H16Cl2N2. The quantitative estimate of drug-likeness (QED) is 0.884. The zero-order valence-electron chi connectivity index (χ0n) is 9.13. The van der Waals surface area contributed by atoms with Crippen LogP contribution in [-0.4, -0.2) is 24.0 Å². The van der Waals surface area contributed by atoms with Crippen LogP contribution >= 0.6 is 23.2 Å². The third kappa shape index (κ3) is 2.89. The summed E-state index contributed by atoms with van der Waals surface area (Å²) in [4.78, 5) is 2.32. The number of piperidine rings is 1. The Bertz CT molecular complexity index is 348. The van der Waals surface area contributed by atoms with E-state index in [1.54, 1.807) is 0 Å². The molecule has 1 aliphatic heterocycles. The summed E-state index contributed by atoms with van der Waals surface area (Å²) >= 11 is 12.3. The Morgan fingerprint density at radius 2 is 2.00 bits per heavy atom. The van der Waals surface area contributed by atoms with Crippen LogP contribution in [0.1, 0.15) is 18.4 Å². The van der Waals surface area contributed by atoms with Gasteiger partial charge in [-0.25, -0.2) is 0 Å². The van der Waals surface area contributed by atoms with E-state index in [2.05, 4.69) is 4.90 Å². The molecule has 0 radical (unpaired) electrons. The maximum absolute atomic E-state index is 6.14. The monoisotopic (exact) mass is 258 g/mol. The molecule has 0 bridgehead atoms. The van der Waals surface area contributed by atoms with E-state index in [1.807, 2.05) is 18.2 Å². The molecule has 1 atom stereocenters. The van der Waals surface area contributed by atoms with E-state index in [0.29, 0.717) is 0 Å². The average Bonchev–Trinajstić information content (AvgIpc) is 2.24. The van der Waals surface area contributed by atoms with E-state index >= 15 is 0 Å². The standard InChI is InChI=1S/C12H16Cl2N2/c13-11-4-1-5-12(14)10(11)8-16-6-2-3-9(15)7-16/h1,4-5,9H,2-3,6-8,15H2/t9-/m1/s1. The molecule has 2 rings (SSSR count). The Kier molecular flexibility index (Phi) is 4.09. The highest BCUT2D eigenvalue weighted by atomic mass is 35.5. The third-order valence-corrected chi connectivity index (χ3v) is 3.69. The van der Waals surface area contributed by atoms with E-state index in [4.69, 9.17) is 28.9 Å². The van der Waals surface area contributed by atoms with Gasteiger partial charge in [0.05, 0.1) is 0 Å². The molecule has 1 aliphatic rings. The van der Waals surface area contributed by atoms with Crippen LogP contribution in [0.4, 0.5) is 0 Å². The van der Waals surface area contributed by atoms with Crippen LogP contribution in [0.3, 0.4) is 0 Å². The van der Waals surface area contributed by atoms with Gasteiger partial charge in [-0.3, -0.25) is 4.90 Å². The maximum atomic E-state index is 6.14. The highest BCUT2D eigenvalue weighted by Gasteiger charge is 2.18. The molecule has 1 aromatic rings. The predicted octanol–water partition coefficient (Wildman–Crippen LogP) is 2.92. The van der Waals surface area contributed by atoms with Crippen molar-refractivity contribution >= 4 is 23.2 Å². The Morgan fingerprint density at radius 3 is 2.62 bits per heavy atom. The molecule has 0 amide bonds. The zero-order valence-corrected chi connectivity index (χ0v) is 10.6. The van der Waals surface area contributed by atoms with Crippen molar-refractivity contribution in [2.24, 2.45) is 5.73 Å². The van der Waals surface area contributed by atoms with Gasteiger partial charge in [-0.05, 0) is 31.5 Å². The molecule has 1 saturated heterocycles. The molecule has 2 nitrogen and oxygen atoms in total. The molecular weight excluding hydrogens is 243 g/mol. The Labute approximate surface area is 106 Å². The molecule has 1 aromatic carbocycles. The van der Waals surface area contributed by atoms with Crippen LogP contribution in [0.25, 0.3) is 0 Å². The largest absolute Gasteiger partial charge is 0.327 e. The van der Waals surface area contributed by atoms with Crippen molar-refractivity contribution < 1.29 is 0 Å². The lowest BCUT2D eigenvalue weighted by Gasteiger charge is -2.31. The number of halogens is 2. The minimum atomic E-state index is 0.287. The number of likely N-dealkylation sites (tertiary alicyclic amines) is 1. The first-order valence-corrected chi connectivity index (χ1v) is 6.33. The van der Waals surface area contributed by atoms with Crippen molar-refractivity contribution in [2.75, 3.05) is 13.1 Å². The molecule has 0 aliphatic carbocycles. The molecule has 1 heterocycles. The predicted molar refractivity (Wildman–Crippen MR) is 68.9 cm³/mol. The summed E-state index contributed by atoms with van der Waals surface area (Å²) in [6, 6.07) is 5.92. The van der Waals surface area contributed by atoms with Gasteiger partial charge in [0.15, 0.2) is 0 Å². The molecule has 88 valence electrons. The first-order chi connectivity index (χ1) is 7.66. The van der Waals surface area contributed by atoms with Gasteiger partial charge < -0.3 is 5.73 Å². The van der Waals surface area contributed by atoms with Crippen LogP contribution in [0.15, 0.2) is 18.2 Å². The summed E-state index contributed by atoms with van der Waals surface area (Å²) in [5, 5.41) is 1.48. The van der Waals surface area contributed by atoms with Gasteiger partial charge in [0.2, 0.25) is 0 Å². The maximum Gasteiger partial charge on any atom is 0.0465 e. The number of nitrogens with two attached hydrogens (primary N) is 1. The van der Waals surface area contributed by atoms with Crippen LogP contribution < -0.4 is 5.73 Å². The van der Waals surface area contributed by atoms with Crippen molar-refractivity contribution in [3.8, 4) is 0 Å². The molecule has 0 unspecified atom stereocenters. The highest BCUT2D eigenvalue weighted by Crippen LogP contribution is 2.26. The lowest BCUT2D eigenvalue weighted by atomic mass is 10.1. The highest BCUT2D eigenvalue weighted by molar-refractivity contribution is 6.35. The lowest BCUT2D eigenvalue weighted by Crippen LogP contribution is -2.42. The molecule has 0 aromatic heterocycles. The van der Waals surface area contributed by atoms with Crippen molar-refractivity contribution in [3.63, 3.8) is 0 Å². The second kappa shape index (κ2) is 5.37. The molecule has 0 spiro atoms. The second-order valence-electron chi connectivity index (χ2n) is 4.34. The van der Waals surface area contributed by atoms with Gasteiger partial charge in [0.25, 0.3) is 0 Å². The smallest absolute Gasteiger partial charge is 0.0465 e. The van der Waals surface area contributed by atoms with E-state index in [0.717, 1.165) is 48.1 Å². The van der Waals surface area contributed by atoms with Crippen LogP contribution in [-0.2, 0) is 6.54 Å². The summed E-state index contributed by atoms with van der Waals surface area (Å²) in [5.41, 5.74) is 6.96. The van der Waals surface area contributed by atoms with Gasteiger partial charge in [-0.15, -0.1) is 0 Å². The van der Waals surface area contributed by atoms with E-state index < -0.39 is 0 Å². The average molecular weight is 259 g/mol. The first kappa shape index (κ1) is 12.2. The van der Waals surface area contributed by atoms with Crippen LogP contribution in [0, 0.1) is 0 Å². The number of nitrogens with zero attached hydrogens (tertiary/aromatic N) is 1. The van der Waals surface area contributed by atoms with Crippen LogP contribution in [0.5, 0.6) is 0 Å². The number of hydrogen-bond donors (Lipinski definition) is 1. The number of benzene rings is 1. The van der Waals surface area contributed by atoms with E-state index in [1.165, 1.54) is 0 Å². The van der Waals surface area contributed by atoms with E-state index in [9.17, 15) is 0 Å². The summed E-state index contributed by atoms with van der Waals surface area (Å²) in [7, 11) is 0. The van der Waals surface area contributed by atoms with Gasteiger partial charge >= 0.3 is 0 Å². The normalized spacial score (nSPS) is 22.3. The minimum Gasteiger partial charge on any atom is -0.327 e. The zero-order chi connectivity index (χ0) is 11.5. The summed E-state index contributed by atoms with van der Waals surface area (Å²) in [6.07, 6.45) is 2.27. The fraction of sp³-hybridized carbons (Fsp3) is 0.500. The van der Waals surface area contributed by atoms with Gasteiger partial charge in [0, 0.05) is 34.7 Å². The van der Waals surface area contributed by atoms with Crippen LogP contribution in [0.2, 0.25) is 10.0 Å². The molecule has 16 heavy (non-hydrogen) atoms. The van der Waals surface area contributed by atoms with Crippen molar-refractivity contribution in [3.05, 3.63) is 33.8 Å². The number of hydrogen-bond acceptors (Lipinski definition) is 2. The van der Waals surface area contributed by atoms with Crippen molar-refractivity contribution in [1.82, 2.24) is 4.90 Å². The lowest BCUT2D eigenvalue weighted by molar-refractivity contribution is 0.201.